The number of carbonyl (C=O) groups excluding carboxylic acids is 1. The third kappa shape index (κ3) is 4.45. The van der Waals surface area contributed by atoms with Crippen molar-refractivity contribution in [2.45, 2.75) is 19.3 Å². The lowest BCUT2D eigenvalue weighted by molar-refractivity contribution is -0.114. The molecule has 0 radical (unpaired) electrons. The summed E-state index contributed by atoms with van der Waals surface area (Å²) in [6.07, 6.45) is 3.86. The molecular formula is C21H25N3O3. The summed E-state index contributed by atoms with van der Waals surface area (Å²) in [5, 5.41) is 6.05. The van der Waals surface area contributed by atoms with Crippen LogP contribution in [0.3, 0.4) is 0 Å². The molecular weight excluding hydrogens is 342 g/mol. The highest BCUT2D eigenvalue weighted by Gasteiger charge is 2.13. The van der Waals surface area contributed by atoms with E-state index in [0.29, 0.717) is 30.4 Å². The van der Waals surface area contributed by atoms with Crippen molar-refractivity contribution >= 4 is 23.0 Å². The Morgan fingerprint density at radius 1 is 0.889 bits per heavy atom. The number of anilines is 3. The minimum absolute atomic E-state index is 0.105. The maximum atomic E-state index is 12.2. The van der Waals surface area contributed by atoms with Gasteiger partial charge in [0.2, 0.25) is 5.91 Å². The minimum atomic E-state index is -0.105. The Morgan fingerprint density at radius 2 is 1.59 bits per heavy atom. The summed E-state index contributed by atoms with van der Waals surface area (Å²) in [6.45, 7) is 3.55. The van der Waals surface area contributed by atoms with Gasteiger partial charge in [0.05, 0.1) is 6.54 Å². The Morgan fingerprint density at radius 3 is 2.37 bits per heavy atom. The van der Waals surface area contributed by atoms with E-state index in [1.165, 1.54) is 24.9 Å². The van der Waals surface area contributed by atoms with Gasteiger partial charge in [0.1, 0.15) is 13.2 Å². The van der Waals surface area contributed by atoms with Gasteiger partial charge in [0, 0.05) is 36.2 Å². The fourth-order valence-electron chi connectivity index (χ4n) is 3.45. The zero-order valence-corrected chi connectivity index (χ0v) is 15.4. The standard InChI is InChI=1S/C21H25N3O3/c25-21(23-17-6-9-19-20(14-17)27-13-12-26-19)15-22-16-4-7-18(8-5-16)24-10-2-1-3-11-24/h4-9,14,22H,1-3,10-13,15H2,(H,23,25). The summed E-state index contributed by atoms with van der Waals surface area (Å²) in [6, 6.07) is 13.7. The van der Waals surface area contributed by atoms with E-state index in [0.717, 1.165) is 18.8 Å². The van der Waals surface area contributed by atoms with E-state index in [1.807, 2.05) is 24.3 Å². The number of ether oxygens (including phenoxy) is 2. The molecule has 0 saturated carbocycles. The fraction of sp³-hybridized carbons (Fsp3) is 0.381. The van der Waals surface area contributed by atoms with Crippen molar-refractivity contribution in [3.05, 3.63) is 42.5 Å². The van der Waals surface area contributed by atoms with Crippen LogP contribution in [-0.2, 0) is 4.79 Å². The number of piperidine rings is 1. The number of hydrogen-bond donors (Lipinski definition) is 2. The van der Waals surface area contributed by atoms with Crippen molar-refractivity contribution in [2.24, 2.45) is 0 Å². The molecule has 6 heteroatoms. The maximum absolute atomic E-state index is 12.2. The molecule has 0 aromatic heterocycles. The van der Waals surface area contributed by atoms with Gasteiger partial charge in [-0.2, -0.15) is 0 Å². The molecule has 4 rings (SSSR count). The predicted octanol–water partition coefficient (Wildman–Crippen LogP) is 3.50. The van der Waals surface area contributed by atoms with Crippen molar-refractivity contribution in [3.63, 3.8) is 0 Å². The van der Waals surface area contributed by atoms with Crippen LogP contribution >= 0.6 is 0 Å². The third-order valence-electron chi connectivity index (χ3n) is 4.87. The lowest BCUT2D eigenvalue weighted by Gasteiger charge is -2.28. The second-order valence-electron chi connectivity index (χ2n) is 6.85. The largest absolute Gasteiger partial charge is 0.486 e. The zero-order valence-electron chi connectivity index (χ0n) is 15.4. The number of fused-ring (bicyclic) bond motifs is 1. The van der Waals surface area contributed by atoms with E-state index in [-0.39, 0.29) is 12.5 Å². The molecule has 27 heavy (non-hydrogen) atoms. The van der Waals surface area contributed by atoms with Crippen LogP contribution in [0.25, 0.3) is 0 Å². The predicted molar refractivity (Wildman–Crippen MR) is 107 cm³/mol. The molecule has 6 nitrogen and oxygen atoms in total. The van der Waals surface area contributed by atoms with Crippen LogP contribution in [0.2, 0.25) is 0 Å². The molecule has 1 amide bonds. The molecule has 0 aliphatic carbocycles. The third-order valence-corrected chi connectivity index (χ3v) is 4.87. The molecule has 1 saturated heterocycles. The van der Waals surface area contributed by atoms with Crippen LogP contribution in [0, 0.1) is 0 Å². The van der Waals surface area contributed by atoms with Gasteiger partial charge in [-0.25, -0.2) is 0 Å². The Hall–Kier alpha value is -2.89. The van der Waals surface area contributed by atoms with E-state index in [1.54, 1.807) is 6.07 Å². The number of rotatable bonds is 5. The molecule has 0 unspecified atom stereocenters. The molecule has 2 aliphatic heterocycles. The summed E-state index contributed by atoms with van der Waals surface area (Å²) >= 11 is 0. The number of hydrogen-bond acceptors (Lipinski definition) is 5. The van der Waals surface area contributed by atoms with E-state index in [2.05, 4.69) is 27.7 Å². The summed E-state index contributed by atoms with van der Waals surface area (Å²) in [7, 11) is 0. The van der Waals surface area contributed by atoms with E-state index < -0.39 is 0 Å². The summed E-state index contributed by atoms with van der Waals surface area (Å²) in [5.41, 5.74) is 2.89. The average Bonchev–Trinajstić information content (AvgIpc) is 2.73. The monoisotopic (exact) mass is 367 g/mol. The van der Waals surface area contributed by atoms with Crippen molar-refractivity contribution in [1.82, 2.24) is 0 Å². The molecule has 142 valence electrons. The fourth-order valence-corrected chi connectivity index (χ4v) is 3.45. The van der Waals surface area contributed by atoms with Gasteiger partial charge in [0.25, 0.3) is 0 Å². The van der Waals surface area contributed by atoms with Crippen LogP contribution in [0.4, 0.5) is 17.1 Å². The van der Waals surface area contributed by atoms with Gasteiger partial charge in [-0.1, -0.05) is 0 Å². The van der Waals surface area contributed by atoms with Crippen LogP contribution < -0.4 is 25.0 Å². The molecule has 0 bridgehead atoms. The normalized spacial score (nSPS) is 15.9. The smallest absolute Gasteiger partial charge is 0.243 e. The maximum Gasteiger partial charge on any atom is 0.243 e. The summed E-state index contributed by atoms with van der Waals surface area (Å²) in [4.78, 5) is 14.6. The number of benzene rings is 2. The average molecular weight is 367 g/mol. The second kappa shape index (κ2) is 8.20. The van der Waals surface area contributed by atoms with E-state index >= 15 is 0 Å². The van der Waals surface area contributed by atoms with Gasteiger partial charge in [0.15, 0.2) is 11.5 Å². The van der Waals surface area contributed by atoms with Gasteiger partial charge >= 0.3 is 0 Å². The Balaban J connectivity index is 1.28. The van der Waals surface area contributed by atoms with Gasteiger partial charge < -0.3 is 25.0 Å². The molecule has 2 aliphatic rings. The Labute approximate surface area is 159 Å². The zero-order chi connectivity index (χ0) is 18.5. The first-order valence-corrected chi connectivity index (χ1v) is 9.56. The van der Waals surface area contributed by atoms with E-state index in [9.17, 15) is 4.79 Å². The first-order valence-electron chi connectivity index (χ1n) is 9.56. The van der Waals surface area contributed by atoms with Crippen molar-refractivity contribution in [2.75, 3.05) is 48.4 Å². The molecule has 0 spiro atoms. The van der Waals surface area contributed by atoms with Gasteiger partial charge in [-0.3, -0.25) is 4.79 Å². The van der Waals surface area contributed by atoms with Crippen LogP contribution in [0.1, 0.15) is 19.3 Å². The van der Waals surface area contributed by atoms with Crippen LogP contribution in [0.15, 0.2) is 42.5 Å². The lowest BCUT2D eigenvalue weighted by Crippen LogP contribution is -2.29. The Kier molecular flexibility index (Phi) is 5.32. The van der Waals surface area contributed by atoms with E-state index in [4.69, 9.17) is 9.47 Å². The SMILES string of the molecule is O=C(CNc1ccc(N2CCCCC2)cc1)Nc1ccc2c(c1)OCCO2. The highest BCUT2D eigenvalue weighted by atomic mass is 16.6. The molecule has 2 aromatic rings. The number of nitrogens with zero attached hydrogens (tertiary/aromatic N) is 1. The van der Waals surface area contributed by atoms with Crippen LogP contribution in [-0.4, -0.2) is 38.8 Å². The molecule has 2 aromatic carbocycles. The highest BCUT2D eigenvalue weighted by molar-refractivity contribution is 5.94. The van der Waals surface area contributed by atoms with Gasteiger partial charge in [-0.05, 0) is 55.7 Å². The first kappa shape index (κ1) is 17.5. The Bertz CT molecular complexity index is 786. The molecule has 2 heterocycles. The lowest BCUT2D eigenvalue weighted by atomic mass is 10.1. The van der Waals surface area contributed by atoms with Gasteiger partial charge in [-0.15, -0.1) is 0 Å². The molecule has 0 atom stereocenters. The van der Waals surface area contributed by atoms with Crippen molar-refractivity contribution < 1.29 is 14.3 Å². The minimum Gasteiger partial charge on any atom is -0.486 e. The summed E-state index contributed by atoms with van der Waals surface area (Å²) in [5.74, 6) is 1.28. The number of nitrogens with one attached hydrogen (secondary N) is 2. The highest BCUT2D eigenvalue weighted by Crippen LogP contribution is 2.32. The first-order chi connectivity index (χ1) is 13.3. The quantitative estimate of drug-likeness (QED) is 0.847. The molecule has 2 N–H and O–H groups in total. The topological polar surface area (TPSA) is 62.8 Å². The summed E-state index contributed by atoms with van der Waals surface area (Å²) < 4.78 is 11.0. The van der Waals surface area contributed by atoms with Crippen LogP contribution in [0.5, 0.6) is 11.5 Å². The molecule has 1 fully saturated rings. The number of carbonyl (C=O) groups is 1. The second-order valence-corrected chi connectivity index (χ2v) is 6.85. The van der Waals surface area contributed by atoms with Crippen molar-refractivity contribution in [1.29, 1.82) is 0 Å². The van der Waals surface area contributed by atoms with Crippen molar-refractivity contribution in [3.8, 4) is 11.5 Å². The number of amides is 1.